The van der Waals surface area contributed by atoms with E-state index in [4.69, 9.17) is 4.74 Å². The first-order valence-corrected chi connectivity index (χ1v) is 22.9. The number of hydrogen-bond acceptors (Lipinski definition) is 3. The molecule has 4 aromatic carbocycles. The van der Waals surface area contributed by atoms with Gasteiger partial charge in [-0.15, -0.1) is 0 Å². The first-order chi connectivity index (χ1) is 27.8. The molecule has 0 saturated carbocycles. The van der Waals surface area contributed by atoms with Gasteiger partial charge in [0.1, 0.15) is 5.75 Å². The number of aromatic nitrogens is 1. The minimum absolute atomic E-state index is 0.000928. The monoisotopic (exact) mass is 843 g/mol. The van der Waals surface area contributed by atoms with Crippen molar-refractivity contribution in [1.82, 2.24) is 9.29 Å². The zero-order valence-corrected chi connectivity index (χ0v) is 39.7. The van der Waals surface area contributed by atoms with Gasteiger partial charge >= 0.3 is 5.51 Å². The molecular weight excluding hydrogens is 770 g/mol. The van der Waals surface area contributed by atoms with Gasteiger partial charge in [0.2, 0.25) is 0 Å². The summed E-state index contributed by atoms with van der Waals surface area (Å²) in [6.45, 7) is 34.2. The maximum Gasteiger partial charge on any atom is 0.456 e. The van der Waals surface area contributed by atoms with Crippen molar-refractivity contribution in [2.75, 3.05) is 6.61 Å². The highest BCUT2D eigenvalue weighted by atomic mass is 32.2. The fraction of sp³-hybridized carbons (Fsp3) is 0.547. The van der Waals surface area contributed by atoms with E-state index in [9.17, 15) is 13.2 Å². The summed E-state index contributed by atoms with van der Waals surface area (Å²) in [4.78, 5) is 0. The number of fused-ring (bicyclic) bond motifs is 3. The van der Waals surface area contributed by atoms with Crippen molar-refractivity contribution >= 4 is 33.8 Å². The third kappa shape index (κ3) is 11.3. The van der Waals surface area contributed by atoms with E-state index < -0.39 is 5.51 Å². The lowest BCUT2D eigenvalue weighted by molar-refractivity contribution is -0.0336. The molecule has 1 aromatic heterocycles. The number of ether oxygens (including phenoxy) is 1. The predicted octanol–water partition coefficient (Wildman–Crippen LogP) is 16.4. The average Bonchev–Trinajstić information content (AvgIpc) is 3.48. The van der Waals surface area contributed by atoms with Gasteiger partial charge in [-0.1, -0.05) is 170 Å². The van der Waals surface area contributed by atoms with Crippen LogP contribution in [0.1, 0.15) is 144 Å². The Morgan fingerprint density at radius 3 is 1.63 bits per heavy atom. The molecule has 0 bridgehead atoms. The number of nitrogens with one attached hydrogen (secondary N) is 1. The summed E-state index contributed by atoms with van der Waals surface area (Å²) in [6.07, 6.45) is 1.92. The van der Waals surface area contributed by atoms with Gasteiger partial charge in [0, 0.05) is 46.3 Å². The summed E-state index contributed by atoms with van der Waals surface area (Å²) >= 11 is -0.188. The Labute approximate surface area is 364 Å². The highest BCUT2D eigenvalue weighted by Crippen LogP contribution is 2.58. The van der Waals surface area contributed by atoms with Crippen molar-refractivity contribution in [2.45, 2.75) is 140 Å². The van der Waals surface area contributed by atoms with Crippen LogP contribution in [0, 0.1) is 39.4 Å². The fourth-order valence-electron chi connectivity index (χ4n) is 9.83. The minimum Gasteiger partial charge on any atom is -0.493 e. The van der Waals surface area contributed by atoms with Gasteiger partial charge in [-0.25, -0.2) is 0 Å². The maximum atomic E-state index is 12.9. The van der Waals surface area contributed by atoms with Crippen LogP contribution in [0.25, 0.3) is 21.8 Å². The highest BCUT2D eigenvalue weighted by Gasteiger charge is 2.48. The Bertz CT molecular complexity index is 2080. The van der Waals surface area contributed by atoms with Crippen LogP contribution in [-0.4, -0.2) is 16.7 Å². The van der Waals surface area contributed by atoms with Gasteiger partial charge in [-0.05, 0) is 105 Å². The Kier molecular flexibility index (Phi) is 14.7. The molecule has 0 amide bonds. The zero-order valence-electron chi connectivity index (χ0n) is 38.9. The molecule has 3 nitrogen and oxygen atoms in total. The topological polar surface area (TPSA) is 26.2 Å². The number of benzene rings is 4. The molecule has 5 aromatic rings. The van der Waals surface area contributed by atoms with Crippen molar-refractivity contribution in [2.24, 2.45) is 39.4 Å². The third-order valence-electron chi connectivity index (χ3n) is 13.7. The summed E-state index contributed by atoms with van der Waals surface area (Å²) in [5, 5.41) is 2.57. The standard InChI is InChI=1S/C53H73F3N2OS/c1-35(2)34-59-41-29-27-40(28-30-41)48(50(8,9)10)37(4)36(3)47(58-45-21-17-15-19-42(45)43-20-16-18-22-46(43)58)32-51(11,12)52(13,14)44(31-49(5,6)7)39-25-23-38(24-26-39)33-57-60-53(54,55)56/h15-30,35-37,44,47-48,57H,31-34H2,1-14H3. The molecule has 0 aliphatic heterocycles. The number of alkyl halides is 3. The lowest BCUT2D eigenvalue weighted by Gasteiger charge is -2.52. The van der Waals surface area contributed by atoms with Crippen LogP contribution in [0.3, 0.4) is 0 Å². The molecule has 0 fully saturated rings. The van der Waals surface area contributed by atoms with Gasteiger partial charge in [0.15, 0.2) is 0 Å². The number of hydrogen-bond donors (Lipinski definition) is 1. The summed E-state index contributed by atoms with van der Waals surface area (Å²) < 4.78 is 49.9. The molecule has 0 aliphatic rings. The van der Waals surface area contributed by atoms with E-state index in [2.05, 4.69) is 191 Å². The third-order valence-corrected chi connectivity index (χ3v) is 14.2. The average molecular weight is 843 g/mol. The molecule has 328 valence electrons. The second-order valence-corrected chi connectivity index (χ2v) is 22.5. The smallest absolute Gasteiger partial charge is 0.456 e. The van der Waals surface area contributed by atoms with Crippen molar-refractivity contribution in [1.29, 1.82) is 0 Å². The van der Waals surface area contributed by atoms with Crippen molar-refractivity contribution in [3.8, 4) is 5.75 Å². The Morgan fingerprint density at radius 1 is 0.633 bits per heavy atom. The normalized spacial score (nSPS) is 16.0. The van der Waals surface area contributed by atoms with Crippen molar-refractivity contribution in [3.05, 3.63) is 114 Å². The summed E-state index contributed by atoms with van der Waals surface area (Å²) in [5.41, 5.74) is 1.35. The number of halogens is 3. The van der Waals surface area contributed by atoms with Crippen LogP contribution in [0.5, 0.6) is 5.75 Å². The molecule has 1 N–H and O–H groups in total. The van der Waals surface area contributed by atoms with E-state index in [0.29, 0.717) is 18.4 Å². The SMILES string of the molecule is CC(C)COc1ccc(C(C(C)C(C)C(CC(C)(C)C(C)(C)C(CC(C)(C)C)c2ccc(CNSC(F)(F)F)cc2)n2c3ccccc3c3ccccc32)C(C)(C)C)cc1. The lowest BCUT2D eigenvalue weighted by atomic mass is 9.54. The van der Waals surface area contributed by atoms with Crippen LogP contribution in [0.4, 0.5) is 13.2 Å². The molecule has 60 heavy (non-hydrogen) atoms. The van der Waals surface area contributed by atoms with Crippen molar-refractivity contribution < 1.29 is 17.9 Å². The van der Waals surface area contributed by atoms with Crippen LogP contribution < -0.4 is 9.46 Å². The predicted molar refractivity (Wildman–Crippen MR) is 252 cm³/mol. The molecular formula is C53H73F3N2OS. The number of para-hydroxylation sites is 2. The van der Waals surface area contributed by atoms with E-state index in [1.165, 1.54) is 32.9 Å². The Balaban J connectivity index is 1.60. The molecule has 5 unspecified atom stereocenters. The zero-order chi connectivity index (χ0) is 44.4. The van der Waals surface area contributed by atoms with E-state index in [-0.39, 0.29) is 63.9 Å². The second kappa shape index (κ2) is 18.5. The highest BCUT2D eigenvalue weighted by molar-refractivity contribution is 7.98. The van der Waals surface area contributed by atoms with Crippen LogP contribution in [0.15, 0.2) is 97.1 Å². The number of rotatable bonds is 17. The second-order valence-electron chi connectivity index (χ2n) is 21.5. The van der Waals surface area contributed by atoms with Gasteiger partial charge in [-0.3, -0.25) is 4.72 Å². The van der Waals surface area contributed by atoms with Gasteiger partial charge in [-0.2, -0.15) is 13.2 Å². The summed E-state index contributed by atoms with van der Waals surface area (Å²) in [5.74, 6) is 2.47. The maximum absolute atomic E-state index is 12.9. The molecule has 0 radical (unpaired) electrons. The van der Waals surface area contributed by atoms with E-state index in [1.807, 2.05) is 12.1 Å². The minimum atomic E-state index is -4.32. The molecule has 1 heterocycles. The Morgan fingerprint density at radius 2 is 1.15 bits per heavy atom. The van der Waals surface area contributed by atoms with E-state index in [1.54, 1.807) is 0 Å². The number of nitrogens with zero attached hydrogens (tertiary/aromatic N) is 1. The van der Waals surface area contributed by atoms with Crippen LogP contribution in [0.2, 0.25) is 0 Å². The first-order valence-electron chi connectivity index (χ1n) is 22.1. The molecule has 0 aliphatic carbocycles. The molecule has 0 spiro atoms. The molecule has 5 rings (SSSR count). The van der Waals surface area contributed by atoms with Gasteiger partial charge < -0.3 is 9.30 Å². The van der Waals surface area contributed by atoms with E-state index >= 15 is 0 Å². The van der Waals surface area contributed by atoms with Crippen LogP contribution >= 0.6 is 11.9 Å². The Hall–Kier alpha value is -3.42. The lowest BCUT2D eigenvalue weighted by Crippen LogP contribution is -2.42. The first kappa shape index (κ1) is 47.6. The summed E-state index contributed by atoms with van der Waals surface area (Å²) in [6, 6.07) is 35.2. The van der Waals surface area contributed by atoms with Crippen LogP contribution in [-0.2, 0) is 6.54 Å². The summed E-state index contributed by atoms with van der Waals surface area (Å²) in [7, 11) is 0. The van der Waals surface area contributed by atoms with Gasteiger partial charge in [0.25, 0.3) is 0 Å². The molecule has 5 atom stereocenters. The largest absolute Gasteiger partial charge is 0.493 e. The molecule has 7 heteroatoms. The molecule has 0 saturated heterocycles. The van der Waals surface area contributed by atoms with Crippen molar-refractivity contribution in [3.63, 3.8) is 0 Å². The quantitative estimate of drug-likeness (QED) is 0.0945. The fourth-order valence-corrected chi connectivity index (χ4v) is 10.2. The van der Waals surface area contributed by atoms with E-state index in [0.717, 1.165) is 24.2 Å². The van der Waals surface area contributed by atoms with Gasteiger partial charge in [0.05, 0.1) is 6.61 Å².